The smallest absolute Gasteiger partial charge is 0.254 e. The molecule has 6 heteroatoms. The van der Waals surface area contributed by atoms with E-state index in [0.29, 0.717) is 37.5 Å². The van der Waals surface area contributed by atoms with E-state index in [1.54, 1.807) is 41.7 Å². The molecule has 1 amide bonds. The van der Waals surface area contributed by atoms with Gasteiger partial charge in [-0.2, -0.15) is 0 Å². The van der Waals surface area contributed by atoms with Crippen molar-refractivity contribution in [3.63, 3.8) is 0 Å². The lowest BCUT2D eigenvalue weighted by Crippen LogP contribution is -2.33. The van der Waals surface area contributed by atoms with Crippen LogP contribution in [0.3, 0.4) is 0 Å². The maximum Gasteiger partial charge on any atom is 0.254 e. The Morgan fingerprint density at radius 2 is 2.33 bits per heavy atom. The number of hydrogen-bond acceptors (Lipinski definition) is 5. The predicted octanol–water partition coefficient (Wildman–Crippen LogP) is 1.89. The van der Waals surface area contributed by atoms with Crippen molar-refractivity contribution in [3.8, 4) is 0 Å². The zero-order valence-corrected chi connectivity index (χ0v) is 12.8. The molecule has 0 radical (unpaired) electrons. The minimum Gasteiger partial charge on any atom is -0.383 e. The lowest BCUT2D eigenvalue weighted by atomic mass is 10.2. The molecule has 0 aliphatic rings. The molecule has 0 bridgehead atoms. The standard InChI is InChI=1S/C15H19N3O2S/c1-20-7-6-18(11-14-3-2-8-21-14)15(19)12-4-5-17-13(9-12)10-16/h2-5,8-9H,6-7,10-11,16H2,1H3. The van der Waals surface area contributed by atoms with Gasteiger partial charge in [0.25, 0.3) is 5.91 Å². The van der Waals surface area contributed by atoms with Crippen LogP contribution in [0.2, 0.25) is 0 Å². The number of methoxy groups -OCH3 is 1. The average Bonchev–Trinajstić information content (AvgIpc) is 3.03. The molecule has 0 aromatic carbocycles. The Labute approximate surface area is 128 Å². The molecule has 0 saturated heterocycles. The number of aromatic nitrogens is 1. The highest BCUT2D eigenvalue weighted by Gasteiger charge is 2.17. The van der Waals surface area contributed by atoms with Crippen molar-refractivity contribution in [1.29, 1.82) is 0 Å². The van der Waals surface area contributed by atoms with E-state index in [1.165, 1.54) is 0 Å². The van der Waals surface area contributed by atoms with Gasteiger partial charge in [-0.25, -0.2) is 0 Å². The largest absolute Gasteiger partial charge is 0.383 e. The number of hydrogen-bond donors (Lipinski definition) is 1. The number of carbonyl (C=O) groups is 1. The Bertz CT molecular complexity index is 572. The van der Waals surface area contributed by atoms with E-state index in [9.17, 15) is 4.79 Å². The summed E-state index contributed by atoms with van der Waals surface area (Å²) in [5.74, 6) is -0.0300. The quantitative estimate of drug-likeness (QED) is 0.848. The number of nitrogens with zero attached hydrogens (tertiary/aromatic N) is 2. The van der Waals surface area contributed by atoms with Gasteiger partial charge >= 0.3 is 0 Å². The number of pyridine rings is 1. The van der Waals surface area contributed by atoms with Gasteiger partial charge < -0.3 is 15.4 Å². The molecule has 5 nitrogen and oxygen atoms in total. The van der Waals surface area contributed by atoms with E-state index in [0.717, 1.165) is 4.88 Å². The zero-order chi connectivity index (χ0) is 15.1. The second-order valence-corrected chi connectivity index (χ2v) is 5.57. The van der Waals surface area contributed by atoms with Crippen LogP contribution in [0.4, 0.5) is 0 Å². The Morgan fingerprint density at radius 1 is 1.48 bits per heavy atom. The topological polar surface area (TPSA) is 68.5 Å². The van der Waals surface area contributed by atoms with Gasteiger partial charge in [0, 0.05) is 36.8 Å². The average molecular weight is 305 g/mol. The molecular weight excluding hydrogens is 286 g/mol. The highest BCUT2D eigenvalue weighted by molar-refractivity contribution is 7.09. The van der Waals surface area contributed by atoms with Crippen LogP contribution in [0.25, 0.3) is 0 Å². The van der Waals surface area contributed by atoms with Crippen molar-refractivity contribution in [2.75, 3.05) is 20.3 Å². The van der Waals surface area contributed by atoms with Gasteiger partial charge in [-0.15, -0.1) is 11.3 Å². The summed E-state index contributed by atoms with van der Waals surface area (Å²) < 4.78 is 5.10. The Kier molecular flexibility index (Phi) is 5.86. The fraction of sp³-hybridized carbons (Fsp3) is 0.333. The second kappa shape index (κ2) is 7.87. The Balaban J connectivity index is 2.15. The number of thiophene rings is 1. The SMILES string of the molecule is COCCN(Cc1cccs1)C(=O)c1ccnc(CN)c1. The van der Waals surface area contributed by atoms with Crippen LogP contribution in [0, 0.1) is 0 Å². The van der Waals surface area contributed by atoms with Gasteiger partial charge in [-0.1, -0.05) is 6.07 Å². The zero-order valence-electron chi connectivity index (χ0n) is 12.0. The lowest BCUT2D eigenvalue weighted by molar-refractivity contribution is 0.0682. The molecule has 0 saturated carbocycles. The summed E-state index contributed by atoms with van der Waals surface area (Å²) in [6, 6.07) is 7.47. The van der Waals surface area contributed by atoms with Crippen LogP contribution in [0.5, 0.6) is 0 Å². The van der Waals surface area contributed by atoms with Crippen molar-refractivity contribution in [2.24, 2.45) is 5.73 Å². The van der Waals surface area contributed by atoms with Gasteiger partial charge in [0.05, 0.1) is 18.8 Å². The molecule has 0 spiro atoms. The van der Waals surface area contributed by atoms with E-state index in [4.69, 9.17) is 10.5 Å². The molecule has 2 N–H and O–H groups in total. The minimum absolute atomic E-state index is 0.0300. The summed E-state index contributed by atoms with van der Waals surface area (Å²) >= 11 is 1.64. The van der Waals surface area contributed by atoms with Crippen LogP contribution in [-0.4, -0.2) is 36.1 Å². The first kappa shape index (κ1) is 15.6. The molecule has 0 fully saturated rings. The first-order valence-corrected chi connectivity index (χ1v) is 7.58. The molecule has 0 atom stereocenters. The van der Waals surface area contributed by atoms with Crippen molar-refractivity contribution < 1.29 is 9.53 Å². The minimum atomic E-state index is -0.0300. The number of rotatable bonds is 7. The second-order valence-electron chi connectivity index (χ2n) is 4.54. The lowest BCUT2D eigenvalue weighted by Gasteiger charge is -2.22. The van der Waals surface area contributed by atoms with E-state index >= 15 is 0 Å². The Morgan fingerprint density at radius 3 is 3.00 bits per heavy atom. The van der Waals surface area contributed by atoms with Gasteiger partial charge in [0.2, 0.25) is 0 Å². The summed E-state index contributed by atoms with van der Waals surface area (Å²) in [5, 5.41) is 2.01. The van der Waals surface area contributed by atoms with Crippen molar-refractivity contribution in [1.82, 2.24) is 9.88 Å². The molecule has 2 aromatic rings. The van der Waals surface area contributed by atoms with Crippen molar-refractivity contribution >= 4 is 17.2 Å². The van der Waals surface area contributed by atoms with Crippen LogP contribution in [-0.2, 0) is 17.8 Å². The predicted molar refractivity (Wildman–Crippen MR) is 83.1 cm³/mol. The monoisotopic (exact) mass is 305 g/mol. The molecule has 0 aliphatic carbocycles. The number of nitrogens with two attached hydrogens (primary N) is 1. The van der Waals surface area contributed by atoms with E-state index in [-0.39, 0.29) is 5.91 Å². The molecule has 0 unspecified atom stereocenters. The number of amides is 1. The molecule has 112 valence electrons. The summed E-state index contributed by atoms with van der Waals surface area (Å²) in [6.45, 7) is 1.96. The van der Waals surface area contributed by atoms with Crippen molar-refractivity contribution in [3.05, 3.63) is 52.0 Å². The summed E-state index contributed by atoms with van der Waals surface area (Å²) in [4.78, 5) is 19.7. The molecule has 0 aliphatic heterocycles. The fourth-order valence-electron chi connectivity index (χ4n) is 1.95. The molecule has 2 heterocycles. The third kappa shape index (κ3) is 4.35. The van der Waals surface area contributed by atoms with Crippen molar-refractivity contribution in [2.45, 2.75) is 13.1 Å². The summed E-state index contributed by atoms with van der Waals surface area (Å²) in [6.07, 6.45) is 1.62. The third-order valence-corrected chi connectivity index (χ3v) is 3.91. The fourth-order valence-corrected chi connectivity index (χ4v) is 2.67. The maximum atomic E-state index is 12.7. The van der Waals surface area contributed by atoms with Crippen LogP contribution in [0.15, 0.2) is 35.8 Å². The number of ether oxygens (including phenoxy) is 1. The molecule has 21 heavy (non-hydrogen) atoms. The highest BCUT2D eigenvalue weighted by Crippen LogP contribution is 2.14. The first-order valence-electron chi connectivity index (χ1n) is 6.70. The summed E-state index contributed by atoms with van der Waals surface area (Å²) in [5.41, 5.74) is 6.90. The van der Waals surface area contributed by atoms with E-state index in [2.05, 4.69) is 4.98 Å². The third-order valence-electron chi connectivity index (χ3n) is 3.05. The normalized spacial score (nSPS) is 10.6. The van der Waals surface area contributed by atoms with Crippen LogP contribution < -0.4 is 5.73 Å². The molecular formula is C15H19N3O2S. The molecule has 2 rings (SSSR count). The van der Waals surface area contributed by atoms with E-state index in [1.807, 2.05) is 17.5 Å². The van der Waals surface area contributed by atoms with Gasteiger partial charge in [-0.05, 0) is 23.6 Å². The summed E-state index contributed by atoms with van der Waals surface area (Å²) in [7, 11) is 1.63. The van der Waals surface area contributed by atoms with Crippen LogP contribution >= 0.6 is 11.3 Å². The maximum absolute atomic E-state index is 12.7. The van der Waals surface area contributed by atoms with Gasteiger partial charge in [-0.3, -0.25) is 9.78 Å². The molecule has 2 aromatic heterocycles. The highest BCUT2D eigenvalue weighted by atomic mass is 32.1. The Hall–Kier alpha value is -1.76. The van der Waals surface area contributed by atoms with Crippen LogP contribution in [0.1, 0.15) is 20.9 Å². The first-order chi connectivity index (χ1) is 10.2. The van der Waals surface area contributed by atoms with Gasteiger partial charge in [0.1, 0.15) is 0 Å². The number of carbonyl (C=O) groups excluding carboxylic acids is 1. The van der Waals surface area contributed by atoms with Gasteiger partial charge in [0.15, 0.2) is 0 Å². The van der Waals surface area contributed by atoms with E-state index < -0.39 is 0 Å².